The number of nitrogens with zero attached hydrogens (tertiary/aromatic N) is 1. The molecule has 0 saturated heterocycles. The van der Waals surface area contributed by atoms with Gasteiger partial charge in [0.05, 0.1) is 12.4 Å². The van der Waals surface area contributed by atoms with Crippen LogP contribution < -0.4 is 0 Å². The molecule has 0 aliphatic carbocycles. The lowest BCUT2D eigenvalue weighted by Crippen LogP contribution is -2.31. The molecule has 0 aliphatic heterocycles. The number of aliphatic carboxylic acids is 1. The van der Waals surface area contributed by atoms with Crippen molar-refractivity contribution in [3.63, 3.8) is 0 Å². The molecule has 0 aromatic heterocycles. The Kier molecular flexibility index (Phi) is 12.9. The van der Waals surface area contributed by atoms with Crippen molar-refractivity contribution < 1.29 is 23.4 Å². The molecule has 0 fully saturated rings. The van der Waals surface area contributed by atoms with Crippen molar-refractivity contribution in [2.75, 3.05) is 19.3 Å². The van der Waals surface area contributed by atoms with Crippen molar-refractivity contribution in [3.05, 3.63) is 12.2 Å². The molecule has 0 unspecified atom stereocenters. The number of aliphatic hydroxyl groups excluding tert-OH is 1. The number of carboxylic acid groups (broad SMARTS) is 1. The second-order valence-corrected chi connectivity index (χ2v) is 8.15. The fraction of sp³-hybridized carbons (Fsp3) is 0.824. The summed E-state index contributed by atoms with van der Waals surface area (Å²) in [6.07, 6.45) is 11.0. The van der Waals surface area contributed by atoms with Gasteiger partial charge in [-0.1, -0.05) is 38.3 Å². The summed E-state index contributed by atoms with van der Waals surface area (Å²) in [5, 5.41) is 18.4. The van der Waals surface area contributed by atoms with E-state index >= 15 is 0 Å². The van der Waals surface area contributed by atoms with Gasteiger partial charge < -0.3 is 10.2 Å². The van der Waals surface area contributed by atoms with E-state index < -0.39 is 16.0 Å². The van der Waals surface area contributed by atoms with Gasteiger partial charge in [-0.2, -0.15) is 4.31 Å². The summed E-state index contributed by atoms with van der Waals surface area (Å²) in [7, 11) is -3.28. The van der Waals surface area contributed by atoms with Crippen molar-refractivity contribution in [2.24, 2.45) is 0 Å². The standard InChI is InChI=1S/C17H33NO5S/c1-3-4-7-11-16(19)12-10-15-18(24(2,22)23)14-9-6-5-8-13-17(20)21/h6,9,16,19H,3-5,7-8,10-15H2,1-2H3,(H,20,21)/b9-6-/t16-/m0/s1. The van der Waals surface area contributed by atoms with Crippen LogP contribution in [-0.4, -0.2) is 54.4 Å². The highest BCUT2D eigenvalue weighted by Crippen LogP contribution is 2.10. The van der Waals surface area contributed by atoms with Crippen molar-refractivity contribution in [3.8, 4) is 0 Å². The molecule has 0 aromatic rings. The summed E-state index contributed by atoms with van der Waals surface area (Å²) in [4.78, 5) is 10.4. The Bertz CT molecular complexity index is 462. The van der Waals surface area contributed by atoms with Gasteiger partial charge in [-0.15, -0.1) is 0 Å². The van der Waals surface area contributed by atoms with Gasteiger partial charge >= 0.3 is 5.97 Å². The third-order valence-electron chi connectivity index (χ3n) is 3.79. The number of allylic oxidation sites excluding steroid dienone is 1. The zero-order chi connectivity index (χ0) is 18.4. The van der Waals surface area contributed by atoms with Crippen LogP contribution in [0.4, 0.5) is 0 Å². The Labute approximate surface area is 146 Å². The molecule has 0 spiro atoms. The zero-order valence-electron chi connectivity index (χ0n) is 15.0. The smallest absolute Gasteiger partial charge is 0.303 e. The van der Waals surface area contributed by atoms with Gasteiger partial charge in [0.2, 0.25) is 10.0 Å². The predicted molar refractivity (Wildman–Crippen MR) is 96.4 cm³/mol. The number of aliphatic hydroxyl groups is 1. The van der Waals surface area contributed by atoms with Crippen LogP contribution in [-0.2, 0) is 14.8 Å². The number of sulfonamides is 1. The van der Waals surface area contributed by atoms with Crippen LogP contribution in [0.1, 0.15) is 64.7 Å². The molecular formula is C17H33NO5S. The van der Waals surface area contributed by atoms with Gasteiger partial charge in [-0.05, 0) is 32.1 Å². The molecule has 7 heteroatoms. The Balaban J connectivity index is 4.11. The lowest BCUT2D eigenvalue weighted by molar-refractivity contribution is -0.137. The minimum absolute atomic E-state index is 0.121. The molecule has 142 valence electrons. The van der Waals surface area contributed by atoms with Crippen LogP contribution in [0.25, 0.3) is 0 Å². The van der Waals surface area contributed by atoms with Crippen LogP contribution in [0.3, 0.4) is 0 Å². The molecule has 0 heterocycles. The minimum Gasteiger partial charge on any atom is -0.481 e. The van der Waals surface area contributed by atoms with Crippen molar-refractivity contribution >= 4 is 16.0 Å². The minimum atomic E-state index is -3.28. The van der Waals surface area contributed by atoms with E-state index in [-0.39, 0.29) is 19.1 Å². The molecule has 0 aromatic carbocycles. The van der Waals surface area contributed by atoms with E-state index in [1.54, 1.807) is 6.08 Å². The van der Waals surface area contributed by atoms with Crippen LogP contribution in [0.15, 0.2) is 12.2 Å². The SMILES string of the molecule is CCCCC[C@H](O)CCCN(C/C=C\CCCC(=O)O)S(C)(=O)=O. The highest BCUT2D eigenvalue weighted by Gasteiger charge is 2.15. The summed E-state index contributed by atoms with van der Waals surface area (Å²) in [5.74, 6) is -0.821. The Morgan fingerprint density at radius 2 is 1.79 bits per heavy atom. The molecule has 0 saturated carbocycles. The van der Waals surface area contributed by atoms with Crippen molar-refractivity contribution in [2.45, 2.75) is 70.8 Å². The van der Waals surface area contributed by atoms with Crippen LogP contribution in [0.5, 0.6) is 0 Å². The van der Waals surface area contributed by atoms with E-state index in [2.05, 4.69) is 6.92 Å². The van der Waals surface area contributed by atoms with Gasteiger partial charge in [0.1, 0.15) is 0 Å². The number of hydrogen-bond acceptors (Lipinski definition) is 4. The van der Waals surface area contributed by atoms with Crippen LogP contribution in [0.2, 0.25) is 0 Å². The Morgan fingerprint density at radius 1 is 1.12 bits per heavy atom. The molecule has 0 aliphatic rings. The maximum Gasteiger partial charge on any atom is 0.303 e. The summed E-state index contributed by atoms with van der Waals surface area (Å²) in [6, 6.07) is 0. The summed E-state index contributed by atoms with van der Waals surface area (Å²) >= 11 is 0. The van der Waals surface area contributed by atoms with E-state index in [9.17, 15) is 18.3 Å². The molecule has 0 amide bonds. The maximum absolute atomic E-state index is 11.8. The largest absolute Gasteiger partial charge is 0.481 e. The predicted octanol–water partition coefficient (Wildman–Crippen LogP) is 2.78. The second-order valence-electron chi connectivity index (χ2n) is 6.17. The fourth-order valence-corrected chi connectivity index (χ4v) is 3.17. The zero-order valence-corrected chi connectivity index (χ0v) is 15.8. The number of unbranched alkanes of at least 4 members (excludes halogenated alkanes) is 3. The lowest BCUT2D eigenvalue weighted by Gasteiger charge is -2.19. The number of carbonyl (C=O) groups is 1. The van der Waals surface area contributed by atoms with E-state index in [0.29, 0.717) is 32.2 Å². The Morgan fingerprint density at radius 3 is 2.38 bits per heavy atom. The first kappa shape index (κ1) is 23.1. The van der Waals surface area contributed by atoms with Crippen LogP contribution in [0, 0.1) is 0 Å². The first-order valence-corrected chi connectivity index (χ1v) is 10.6. The average molecular weight is 364 g/mol. The highest BCUT2D eigenvalue weighted by atomic mass is 32.2. The second kappa shape index (κ2) is 13.4. The highest BCUT2D eigenvalue weighted by molar-refractivity contribution is 7.88. The molecule has 0 bridgehead atoms. The lowest BCUT2D eigenvalue weighted by atomic mass is 10.1. The van der Waals surface area contributed by atoms with Gasteiger partial charge in [0.15, 0.2) is 0 Å². The summed E-state index contributed by atoms with van der Waals surface area (Å²) in [5.41, 5.74) is 0. The maximum atomic E-state index is 11.8. The third kappa shape index (κ3) is 13.5. The summed E-state index contributed by atoms with van der Waals surface area (Å²) < 4.78 is 24.9. The van der Waals surface area contributed by atoms with Gasteiger partial charge in [0.25, 0.3) is 0 Å². The third-order valence-corrected chi connectivity index (χ3v) is 5.06. The Hall–Kier alpha value is -0.920. The first-order chi connectivity index (χ1) is 11.3. The van der Waals surface area contributed by atoms with E-state index in [1.807, 2.05) is 6.08 Å². The molecule has 0 radical (unpaired) electrons. The first-order valence-electron chi connectivity index (χ1n) is 8.77. The summed E-state index contributed by atoms with van der Waals surface area (Å²) in [6.45, 7) is 2.80. The average Bonchev–Trinajstić information content (AvgIpc) is 2.47. The molecule has 2 N–H and O–H groups in total. The monoisotopic (exact) mass is 363 g/mol. The van der Waals surface area contributed by atoms with Crippen LogP contribution >= 0.6 is 0 Å². The molecule has 24 heavy (non-hydrogen) atoms. The fourth-order valence-electron chi connectivity index (χ4n) is 2.35. The van der Waals surface area contributed by atoms with E-state index in [1.165, 1.54) is 10.6 Å². The number of carboxylic acids is 1. The molecular weight excluding hydrogens is 330 g/mol. The normalized spacial score (nSPS) is 13.7. The van der Waals surface area contributed by atoms with Gasteiger partial charge in [-0.3, -0.25) is 4.79 Å². The molecule has 0 rings (SSSR count). The van der Waals surface area contributed by atoms with Crippen molar-refractivity contribution in [1.82, 2.24) is 4.31 Å². The van der Waals surface area contributed by atoms with Gasteiger partial charge in [0, 0.05) is 19.5 Å². The quantitative estimate of drug-likeness (QED) is 0.345. The topological polar surface area (TPSA) is 94.9 Å². The number of hydrogen-bond donors (Lipinski definition) is 2. The van der Waals surface area contributed by atoms with E-state index in [0.717, 1.165) is 25.7 Å². The molecule has 1 atom stereocenters. The van der Waals surface area contributed by atoms with Crippen molar-refractivity contribution in [1.29, 1.82) is 0 Å². The van der Waals surface area contributed by atoms with Gasteiger partial charge in [-0.25, -0.2) is 8.42 Å². The molecule has 6 nitrogen and oxygen atoms in total. The number of rotatable bonds is 15. The van der Waals surface area contributed by atoms with E-state index in [4.69, 9.17) is 5.11 Å².